The molecule has 0 aromatic rings. The van der Waals surface area contributed by atoms with E-state index in [2.05, 4.69) is 6.08 Å². The fourth-order valence-electron chi connectivity index (χ4n) is 2.84. The SMILES string of the molecule is CC1=C[C@H](CCC2OCCCO2)C[C@H]1CC(=O)O. The van der Waals surface area contributed by atoms with E-state index in [-0.39, 0.29) is 18.6 Å². The summed E-state index contributed by atoms with van der Waals surface area (Å²) in [5, 5.41) is 8.84. The molecule has 0 unspecified atom stereocenters. The van der Waals surface area contributed by atoms with Crippen LogP contribution in [-0.2, 0) is 14.3 Å². The van der Waals surface area contributed by atoms with Gasteiger partial charge in [0, 0.05) is 0 Å². The summed E-state index contributed by atoms with van der Waals surface area (Å²) >= 11 is 0. The Morgan fingerprint density at radius 1 is 1.39 bits per heavy atom. The molecule has 0 aromatic heterocycles. The van der Waals surface area contributed by atoms with E-state index in [1.807, 2.05) is 6.92 Å². The molecule has 1 aliphatic heterocycles. The van der Waals surface area contributed by atoms with Gasteiger partial charge in [-0.2, -0.15) is 0 Å². The minimum absolute atomic E-state index is 0.0500. The largest absolute Gasteiger partial charge is 0.481 e. The Balaban J connectivity index is 1.73. The van der Waals surface area contributed by atoms with Crippen LogP contribution in [0.5, 0.6) is 0 Å². The smallest absolute Gasteiger partial charge is 0.303 e. The van der Waals surface area contributed by atoms with Crippen molar-refractivity contribution in [2.75, 3.05) is 13.2 Å². The van der Waals surface area contributed by atoms with E-state index in [9.17, 15) is 4.79 Å². The Morgan fingerprint density at radius 3 is 2.78 bits per heavy atom. The Kier molecular flexibility index (Phi) is 4.78. The van der Waals surface area contributed by atoms with E-state index in [1.165, 1.54) is 5.57 Å². The van der Waals surface area contributed by atoms with Crippen LogP contribution in [0.1, 0.15) is 39.0 Å². The van der Waals surface area contributed by atoms with Gasteiger partial charge >= 0.3 is 5.97 Å². The second-order valence-corrected chi connectivity index (χ2v) is 5.30. The molecule has 1 heterocycles. The monoisotopic (exact) mass is 254 g/mol. The van der Waals surface area contributed by atoms with Gasteiger partial charge in [0.05, 0.1) is 19.6 Å². The van der Waals surface area contributed by atoms with Crippen molar-refractivity contribution in [3.63, 3.8) is 0 Å². The summed E-state index contributed by atoms with van der Waals surface area (Å²) in [6, 6.07) is 0. The van der Waals surface area contributed by atoms with E-state index in [0.29, 0.717) is 5.92 Å². The number of carboxylic acids is 1. The average molecular weight is 254 g/mol. The van der Waals surface area contributed by atoms with Crippen molar-refractivity contribution in [3.05, 3.63) is 11.6 Å². The van der Waals surface area contributed by atoms with Crippen LogP contribution >= 0.6 is 0 Å². The van der Waals surface area contributed by atoms with Gasteiger partial charge in [-0.25, -0.2) is 0 Å². The minimum atomic E-state index is -0.702. The van der Waals surface area contributed by atoms with E-state index in [1.54, 1.807) is 0 Å². The molecule has 1 saturated heterocycles. The highest BCUT2D eigenvalue weighted by molar-refractivity contribution is 5.67. The molecule has 1 N–H and O–H groups in total. The first-order chi connectivity index (χ1) is 8.65. The number of allylic oxidation sites excluding steroid dienone is 2. The maximum absolute atomic E-state index is 10.7. The third kappa shape index (κ3) is 3.82. The molecule has 2 aliphatic rings. The molecule has 1 aliphatic carbocycles. The highest BCUT2D eigenvalue weighted by atomic mass is 16.7. The molecule has 4 nitrogen and oxygen atoms in total. The maximum Gasteiger partial charge on any atom is 0.303 e. The van der Waals surface area contributed by atoms with Crippen molar-refractivity contribution in [2.24, 2.45) is 11.8 Å². The predicted octanol–water partition coefficient (Wildman–Crippen LogP) is 2.59. The highest BCUT2D eigenvalue weighted by Gasteiger charge is 2.26. The number of ether oxygens (including phenoxy) is 2. The normalized spacial score (nSPS) is 29.3. The van der Waals surface area contributed by atoms with Gasteiger partial charge in [0.2, 0.25) is 0 Å². The van der Waals surface area contributed by atoms with Gasteiger partial charge in [0.15, 0.2) is 6.29 Å². The number of carboxylic acid groups (broad SMARTS) is 1. The molecule has 18 heavy (non-hydrogen) atoms. The molecular weight excluding hydrogens is 232 g/mol. The van der Waals surface area contributed by atoms with E-state index in [0.717, 1.165) is 38.9 Å². The Hall–Kier alpha value is -0.870. The maximum atomic E-state index is 10.7. The van der Waals surface area contributed by atoms with Crippen LogP contribution in [-0.4, -0.2) is 30.6 Å². The van der Waals surface area contributed by atoms with E-state index < -0.39 is 5.97 Å². The molecule has 0 amide bonds. The van der Waals surface area contributed by atoms with Crippen molar-refractivity contribution >= 4 is 5.97 Å². The second-order valence-electron chi connectivity index (χ2n) is 5.30. The van der Waals surface area contributed by atoms with Gasteiger partial charge in [0.25, 0.3) is 0 Å². The number of aliphatic carboxylic acids is 1. The zero-order valence-electron chi connectivity index (χ0n) is 10.9. The van der Waals surface area contributed by atoms with Gasteiger partial charge in [0.1, 0.15) is 0 Å². The van der Waals surface area contributed by atoms with Crippen molar-refractivity contribution in [2.45, 2.75) is 45.3 Å². The number of hydrogen-bond acceptors (Lipinski definition) is 3. The van der Waals surface area contributed by atoms with Gasteiger partial charge in [-0.3, -0.25) is 4.79 Å². The molecule has 0 bridgehead atoms. The predicted molar refractivity (Wildman–Crippen MR) is 67.1 cm³/mol. The van der Waals surface area contributed by atoms with Crippen molar-refractivity contribution in [3.8, 4) is 0 Å². The summed E-state index contributed by atoms with van der Waals surface area (Å²) in [6.07, 6.45) is 6.33. The zero-order chi connectivity index (χ0) is 13.0. The highest BCUT2D eigenvalue weighted by Crippen LogP contribution is 2.35. The molecule has 2 atom stereocenters. The summed E-state index contributed by atoms with van der Waals surface area (Å²) in [5.41, 5.74) is 1.23. The van der Waals surface area contributed by atoms with Crippen LogP contribution in [0.15, 0.2) is 11.6 Å². The summed E-state index contributed by atoms with van der Waals surface area (Å²) in [7, 11) is 0. The molecule has 0 saturated carbocycles. The Labute approximate surface area is 108 Å². The van der Waals surface area contributed by atoms with Crippen LogP contribution in [0.3, 0.4) is 0 Å². The number of rotatable bonds is 5. The van der Waals surface area contributed by atoms with Crippen LogP contribution in [0.25, 0.3) is 0 Å². The van der Waals surface area contributed by atoms with Crippen LogP contribution in [0, 0.1) is 11.8 Å². The summed E-state index contributed by atoms with van der Waals surface area (Å²) in [4.78, 5) is 10.7. The number of hydrogen-bond donors (Lipinski definition) is 1. The molecule has 0 radical (unpaired) electrons. The first-order valence-electron chi connectivity index (χ1n) is 6.78. The molecule has 0 aromatic carbocycles. The lowest BCUT2D eigenvalue weighted by atomic mass is 9.94. The number of carbonyl (C=O) groups is 1. The lowest BCUT2D eigenvalue weighted by Crippen LogP contribution is -2.25. The lowest BCUT2D eigenvalue weighted by Gasteiger charge is -2.24. The van der Waals surface area contributed by atoms with Crippen LogP contribution in [0.4, 0.5) is 0 Å². The molecule has 0 spiro atoms. The Bertz CT molecular complexity index is 318. The van der Waals surface area contributed by atoms with Crippen LogP contribution < -0.4 is 0 Å². The topological polar surface area (TPSA) is 55.8 Å². The van der Waals surface area contributed by atoms with Crippen molar-refractivity contribution < 1.29 is 19.4 Å². The van der Waals surface area contributed by atoms with E-state index >= 15 is 0 Å². The zero-order valence-corrected chi connectivity index (χ0v) is 10.9. The van der Waals surface area contributed by atoms with Crippen LogP contribution in [0.2, 0.25) is 0 Å². The average Bonchev–Trinajstić information content (AvgIpc) is 2.68. The third-order valence-electron chi connectivity index (χ3n) is 3.82. The third-order valence-corrected chi connectivity index (χ3v) is 3.82. The first kappa shape index (κ1) is 13.6. The summed E-state index contributed by atoms with van der Waals surface area (Å²) < 4.78 is 11.0. The Morgan fingerprint density at radius 2 is 2.11 bits per heavy atom. The first-order valence-corrected chi connectivity index (χ1v) is 6.78. The van der Waals surface area contributed by atoms with Gasteiger partial charge in [-0.05, 0) is 44.4 Å². The summed E-state index contributed by atoms with van der Waals surface area (Å²) in [6.45, 7) is 3.64. The van der Waals surface area contributed by atoms with Gasteiger partial charge in [-0.1, -0.05) is 11.6 Å². The van der Waals surface area contributed by atoms with Gasteiger partial charge in [-0.15, -0.1) is 0 Å². The molecule has 1 fully saturated rings. The van der Waals surface area contributed by atoms with E-state index in [4.69, 9.17) is 14.6 Å². The van der Waals surface area contributed by atoms with Gasteiger partial charge < -0.3 is 14.6 Å². The molecular formula is C14H22O4. The fourth-order valence-corrected chi connectivity index (χ4v) is 2.84. The molecule has 2 rings (SSSR count). The lowest BCUT2D eigenvalue weighted by molar-refractivity contribution is -0.182. The van der Waals surface area contributed by atoms with Crippen molar-refractivity contribution in [1.82, 2.24) is 0 Å². The summed E-state index contributed by atoms with van der Waals surface area (Å²) in [5.74, 6) is 0.0107. The fraction of sp³-hybridized carbons (Fsp3) is 0.786. The molecule has 102 valence electrons. The second kappa shape index (κ2) is 6.34. The molecule has 4 heteroatoms. The van der Waals surface area contributed by atoms with Crippen molar-refractivity contribution in [1.29, 1.82) is 0 Å². The quantitative estimate of drug-likeness (QED) is 0.766. The minimum Gasteiger partial charge on any atom is -0.481 e. The standard InChI is InChI=1S/C14H22O4/c1-10-7-11(8-12(10)9-13(15)16)3-4-14-17-5-2-6-18-14/h7,11-12,14H,2-6,8-9H2,1H3,(H,15,16)/t11-,12-/m0/s1.